The Kier molecular flexibility index (Phi) is 4.14. The first-order chi connectivity index (χ1) is 8.11. The van der Waals surface area contributed by atoms with Gasteiger partial charge in [-0.05, 0) is 25.2 Å². The van der Waals surface area contributed by atoms with Gasteiger partial charge in [0.2, 0.25) is 0 Å². The molecular formula is C15H28O2. The molecule has 2 saturated carbocycles. The summed E-state index contributed by atoms with van der Waals surface area (Å²) in [6.07, 6.45) is 8.95. The molecule has 1 N–H and O–H groups in total. The Morgan fingerprint density at radius 1 is 1.24 bits per heavy atom. The van der Waals surface area contributed by atoms with Crippen LogP contribution in [-0.2, 0) is 4.74 Å². The van der Waals surface area contributed by atoms with E-state index in [0.717, 1.165) is 18.8 Å². The molecule has 0 saturated heterocycles. The van der Waals surface area contributed by atoms with Gasteiger partial charge in [0.1, 0.15) is 0 Å². The Morgan fingerprint density at radius 2 is 1.94 bits per heavy atom. The van der Waals surface area contributed by atoms with Gasteiger partial charge in [-0.3, -0.25) is 0 Å². The summed E-state index contributed by atoms with van der Waals surface area (Å²) in [6.45, 7) is 6.62. The number of hydrogen-bond donors (Lipinski definition) is 1. The van der Waals surface area contributed by atoms with E-state index in [9.17, 15) is 5.11 Å². The molecule has 0 aromatic heterocycles. The van der Waals surface area contributed by atoms with Crippen LogP contribution in [0.2, 0.25) is 0 Å². The van der Waals surface area contributed by atoms with Crippen LogP contribution in [0.1, 0.15) is 65.7 Å². The Morgan fingerprint density at radius 3 is 2.53 bits per heavy atom. The molecule has 5 unspecified atom stereocenters. The third kappa shape index (κ3) is 2.39. The number of aliphatic hydroxyl groups excluding tert-OH is 1. The molecule has 0 aromatic rings. The zero-order valence-corrected chi connectivity index (χ0v) is 11.6. The van der Waals surface area contributed by atoms with E-state index in [1.54, 1.807) is 0 Å². The molecule has 2 nitrogen and oxygen atoms in total. The van der Waals surface area contributed by atoms with Crippen LogP contribution in [0.5, 0.6) is 0 Å². The van der Waals surface area contributed by atoms with Crippen molar-refractivity contribution in [2.24, 2.45) is 11.3 Å². The summed E-state index contributed by atoms with van der Waals surface area (Å²) < 4.78 is 6.35. The molecule has 0 heterocycles. The van der Waals surface area contributed by atoms with Crippen molar-refractivity contribution in [2.75, 3.05) is 0 Å². The van der Waals surface area contributed by atoms with Crippen LogP contribution < -0.4 is 0 Å². The van der Waals surface area contributed by atoms with E-state index >= 15 is 0 Å². The molecule has 2 rings (SSSR count). The molecule has 0 spiro atoms. The highest BCUT2D eigenvalue weighted by Gasteiger charge is 2.51. The van der Waals surface area contributed by atoms with E-state index in [1.165, 1.54) is 32.1 Å². The third-order valence-electron chi connectivity index (χ3n) is 5.40. The van der Waals surface area contributed by atoms with Gasteiger partial charge >= 0.3 is 0 Å². The lowest BCUT2D eigenvalue weighted by Gasteiger charge is -2.52. The van der Waals surface area contributed by atoms with E-state index in [2.05, 4.69) is 20.8 Å². The summed E-state index contributed by atoms with van der Waals surface area (Å²) in [4.78, 5) is 0. The van der Waals surface area contributed by atoms with Gasteiger partial charge in [-0.1, -0.05) is 40.0 Å². The van der Waals surface area contributed by atoms with E-state index in [-0.39, 0.29) is 11.5 Å². The molecule has 2 fully saturated rings. The number of ether oxygens (including phenoxy) is 1. The zero-order valence-electron chi connectivity index (χ0n) is 11.6. The lowest BCUT2D eigenvalue weighted by molar-refractivity contribution is -0.215. The quantitative estimate of drug-likeness (QED) is 0.814. The molecule has 100 valence electrons. The summed E-state index contributed by atoms with van der Waals surface area (Å²) in [7, 11) is 0. The number of aliphatic hydroxyl groups is 1. The summed E-state index contributed by atoms with van der Waals surface area (Å²) >= 11 is 0. The highest BCUT2D eigenvalue weighted by Crippen LogP contribution is 2.47. The maximum atomic E-state index is 9.91. The van der Waals surface area contributed by atoms with E-state index < -0.39 is 0 Å². The van der Waals surface area contributed by atoms with Gasteiger partial charge in [0, 0.05) is 11.8 Å². The first-order valence-corrected chi connectivity index (χ1v) is 7.45. The smallest absolute Gasteiger partial charge is 0.0682 e. The Balaban J connectivity index is 1.92. The molecule has 17 heavy (non-hydrogen) atoms. The minimum absolute atomic E-state index is 0.00966. The second-order valence-corrected chi connectivity index (χ2v) is 6.23. The normalized spacial score (nSPS) is 46.6. The fraction of sp³-hybridized carbons (Fsp3) is 1.00. The van der Waals surface area contributed by atoms with E-state index in [1.807, 2.05) is 0 Å². The maximum Gasteiger partial charge on any atom is 0.0682 e. The van der Waals surface area contributed by atoms with Crippen molar-refractivity contribution in [3.63, 3.8) is 0 Å². The molecule has 0 radical (unpaired) electrons. The Bertz CT molecular complexity index is 251. The van der Waals surface area contributed by atoms with Crippen LogP contribution in [0.4, 0.5) is 0 Å². The second-order valence-electron chi connectivity index (χ2n) is 6.23. The molecule has 0 amide bonds. The lowest BCUT2D eigenvalue weighted by atomic mass is 9.63. The Labute approximate surface area is 106 Å². The predicted molar refractivity (Wildman–Crippen MR) is 69.9 cm³/mol. The average molecular weight is 240 g/mol. The van der Waals surface area contributed by atoms with Crippen molar-refractivity contribution >= 4 is 0 Å². The largest absolute Gasteiger partial charge is 0.392 e. The van der Waals surface area contributed by atoms with Gasteiger partial charge in [-0.15, -0.1) is 0 Å². The fourth-order valence-electron chi connectivity index (χ4n) is 3.50. The zero-order chi connectivity index (χ0) is 12.5. The van der Waals surface area contributed by atoms with Gasteiger partial charge < -0.3 is 9.84 Å². The minimum atomic E-state index is -0.152. The minimum Gasteiger partial charge on any atom is -0.392 e. The van der Waals surface area contributed by atoms with Gasteiger partial charge in [-0.2, -0.15) is 0 Å². The van der Waals surface area contributed by atoms with E-state index in [4.69, 9.17) is 4.74 Å². The monoisotopic (exact) mass is 240 g/mol. The summed E-state index contributed by atoms with van der Waals surface area (Å²) in [6, 6.07) is 0. The van der Waals surface area contributed by atoms with Crippen LogP contribution in [0.3, 0.4) is 0 Å². The third-order valence-corrected chi connectivity index (χ3v) is 5.40. The van der Waals surface area contributed by atoms with Crippen molar-refractivity contribution < 1.29 is 9.84 Å². The second kappa shape index (κ2) is 5.27. The highest BCUT2D eigenvalue weighted by molar-refractivity contribution is 5.01. The van der Waals surface area contributed by atoms with Gasteiger partial charge in [0.25, 0.3) is 0 Å². The number of rotatable bonds is 4. The van der Waals surface area contributed by atoms with Crippen molar-refractivity contribution in [3.8, 4) is 0 Å². The molecule has 0 bridgehead atoms. The Hall–Kier alpha value is -0.0800. The first-order valence-electron chi connectivity index (χ1n) is 7.45. The summed E-state index contributed by atoms with van der Waals surface area (Å²) in [5.41, 5.74) is 0.00966. The van der Waals surface area contributed by atoms with Gasteiger partial charge in [0.05, 0.1) is 18.3 Å². The fourth-order valence-corrected chi connectivity index (χ4v) is 3.50. The summed E-state index contributed by atoms with van der Waals surface area (Å²) in [5.74, 6) is 0.752. The predicted octanol–water partition coefficient (Wildman–Crippen LogP) is 3.52. The standard InChI is InChI=1S/C15H28O2/c1-4-11-8-6-7-9-12(11)17-14-10-13(16)15(14,3)5-2/h11-14,16H,4-10H2,1-3H3. The molecule has 0 aliphatic heterocycles. The van der Waals surface area contributed by atoms with Crippen molar-refractivity contribution in [1.29, 1.82) is 0 Å². The highest BCUT2D eigenvalue weighted by atomic mass is 16.5. The molecular weight excluding hydrogens is 212 g/mol. The summed E-state index contributed by atoms with van der Waals surface area (Å²) in [5, 5.41) is 9.91. The van der Waals surface area contributed by atoms with E-state index in [0.29, 0.717) is 12.2 Å². The first kappa shape index (κ1) is 13.4. The topological polar surface area (TPSA) is 29.5 Å². The van der Waals surface area contributed by atoms with Gasteiger partial charge in [-0.25, -0.2) is 0 Å². The average Bonchev–Trinajstić information content (AvgIpc) is 2.37. The molecule has 2 aliphatic carbocycles. The molecule has 5 atom stereocenters. The van der Waals surface area contributed by atoms with Crippen molar-refractivity contribution in [1.82, 2.24) is 0 Å². The van der Waals surface area contributed by atoms with Crippen molar-refractivity contribution in [2.45, 2.75) is 84.0 Å². The maximum absolute atomic E-state index is 9.91. The van der Waals surface area contributed by atoms with Crippen LogP contribution in [0, 0.1) is 11.3 Å². The molecule has 0 aromatic carbocycles. The van der Waals surface area contributed by atoms with Crippen LogP contribution in [-0.4, -0.2) is 23.4 Å². The molecule has 2 aliphatic rings. The molecule has 2 heteroatoms. The van der Waals surface area contributed by atoms with Crippen molar-refractivity contribution in [3.05, 3.63) is 0 Å². The van der Waals surface area contributed by atoms with Gasteiger partial charge in [0.15, 0.2) is 0 Å². The SMILES string of the molecule is CCC1CCCCC1OC1CC(O)C1(C)CC. The lowest BCUT2D eigenvalue weighted by Crippen LogP contribution is -2.57. The van der Waals surface area contributed by atoms with Crippen LogP contribution in [0.15, 0.2) is 0 Å². The van der Waals surface area contributed by atoms with Crippen LogP contribution >= 0.6 is 0 Å². The van der Waals surface area contributed by atoms with Crippen LogP contribution in [0.25, 0.3) is 0 Å². The number of hydrogen-bond acceptors (Lipinski definition) is 2.